The van der Waals surface area contributed by atoms with Gasteiger partial charge in [-0.25, -0.2) is 4.99 Å². The van der Waals surface area contributed by atoms with E-state index in [1.165, 1.54) is 11.1 Å². The number of hydrogen-bond donors (Lipinski definition) is 2. The Kier molecular flexibility index (Phi) is 7.60. The van der Waals surface area contributed by atoms with Gasteiger partial charge in [-0.15, -0.1) is 6.58 Å². The molecule has 0 bridgehead atoms. The zero-order chi connectivity index (χ0) is 22.2. The van der Waals surface area contributed by atoms with Gasteiger partial charge in [0.05, 0.1) is 11.4 Å². The van der Waals surface area contributed by atoms with Crippen molar-refractivity contribution in [3.05, 3.63) is 95.9 Å². The minimum Gasteiger partial charge on any atom is -0.508 e. The van der Waals surface area contributed by atoms with Crippen LogP contribution in [0.25, 0.3) is 0 Å². The summed E-state index contributed by atoms with van der Waals surface area (Å²) < 4.78 is 0. The van der Waals surface area contributed by atoms with Crippen LogP contribution in [-0.2, 0) is 0 Å². The van der Waals surface area contributed by atoms with Crippen molar-refractivity contribution in [1.29, 1.82) is 0 Å². The Bertz CT molecular complexity index is 1020. The molecule has 1 aliphatic rings. The van der Waals surface area contributed by atoms with Crippen LogP contribution in [-0.4, -0.2) is 16.7 Å². The second-order valence-electron chi connectivity index (χ2n) is 7.88. The van der Waals surface area contributed by atoms with Gasteiger partial charge in [-0.1, -0.05) is 31.2 Å². The van der Waals surface area contributed by atoms with Gasteiger partial charge >= 0.3 is 0 Å². The topological polar surface area (TPSA) is 57.0 Å². The van der Waals surface area contributed by atoms with Crippen LogP contribution in [0, 0.1) is 19.8 Å². The molecule has 1 atom stereocenters. The Balaban J connectivity index is 2.03. The summed E-state index contributed by atoms with van der Waals surface area (Å²) in [4.78, 5) is 9.74. The van der Waals surface area contributed by atoms with E-state index in [2.05, 4.69) is 63.0 Å². The summed E-state index contributed by atoms with van der Waals surface area (Å²) in [6.45, 7) is 10.3. The molecule has 1 heterocycles. The predicted octanol–water partition coefficient (Wildman–Crippen LogP) is 6.71. The van der Waals surface area contributed by atoms with E-state index in [4.69, 9.17) is 9.98 Å². The molecule has 1 aliphatic heterocycles. The summed E-state index contributed by atoms with van der Waals surface area (Å²) in [5, 5.41) is 13.2. The maximum Gasteiger partial charge on any atom is 0.115 e. The Labute approximate surface area is 185 Å². The smallest absolute Gasteiger partial charge is 0.115 e. The number of anilines is 1. The van der Waals surface area contributed by atoms with Crippen LogP contribution in [0.1, 0.15) is 42.9 Å². The van der Waals surface area contributed by atoms with Gasteiger partial charge in [0.25, 0.3) is 0 Å². The van der Waals surface area contributed by atoms with Crippen LogP contribution in [0.2, 0.25) is 0 Å². The number of nitrogens with zero attached hydrogens (tertiary/aromatic N) is 2. The zero-order valence-electron chi connectivity index (χ0n) is 18.6. The Hall–Kier alpha value is -3.40. The second kappa shape index (κ2) is 10.6. The average Bonchev–Trinajstić information content (AvgIpc) is 2.84. The molecule has 2 aromatic carbocycles. The van der Waals surface area contributed by atoms with Crippen molar-refractivity contribution in [2.45, 2.75) is 40.0 Å². The van der Waals surface area contributed by atoms with Gasteiger partial charge in [0.2, 0.25) is 0 Å². The highest BCUT2D eigenvalue weighted by molar-refractivity contribution is 6.14. The largest absolute Gasteiger partial charge is 0.508 e. The Morgan fingerprint density at radius 3 is 2.52 bits per heavy atom. The first kappa shape index (κ1) is 22.3. The summed E-state index contributed by atoms with van der Waals surface area (Å²) in [6.07, 6.45) is 10.5. The van der Waals surface area contributed by atoms with E-state index in [0.717, 1.165) is 47.8 Å². The number of rotatable bonds is 5. The number of aryl methyl sites for hydroxylation is 2. The highest BCUT2D eigenvalue weighted by atomic mass is 16.3. The molecular weight excluding hydrogens is 382 g/mol. The maximum absolute atomic E-state index is 9.71. The number of benzene rings is 2. The minimum absolute atomic E-state index is 0.231. The first-order chi connectivity index (χ1) is 15.0. The predicted molar refractivity (Wildman–Crippen MR) is 132 cm³/mol. The molecule has 4 nitrogen and oxygen atoms in total. The van der Waals surface area contributed by atoms with E-state index in [-0.39, 0.29) is 5.75 Å². The van der Waals surface area contributed by atoms with Crippen molar-refractivity contribution in [3.63, 3.8) is 0 Å². The number of allylic oxidation sites excluding steroid dienone is 4. The molecule has 31 heavy (non-hydrogen) atoms. The molecule has 4 heteroatoms. The van der Waals surface area contributed by atoms with Gasteiger partial charge in [-0.05, 0) is 80.1 Å². The van der Waals surface area contributed by atoms with E-state index in [9.17, 15) is 5.11 Å². The zero-order valence-corrected chi connectivity index (χ0v) is 18.6. The number of aromatic hydroxyl groups is 1. The third-order valence-corrected chi connectivity index (χ3v) is 5.18. The lowest BCUT2D eigenvalue weighted by Gasteiger charge is -2.13. The second-order valence-corrected chi connectivity index (χ2v) is 7.88. The number of phenols is 1. The number of amidine groups is 1. The monoisotopic (exact) mass is 413 g/mol. The van der Waals surface area contributed by atoms with Crippen LogP contribution in [0.3, 0.4) is 0 Å². The number of nitrogens with one attached hydrogen (secondary N) is 1. The average molecular weight is 414 g/mol. The molecule has 0 fully saturated rings. The van der Waals surface area contributed by atoms with E-state index in [1.54, 1.807) is 12.1 Å². The summed E-state index contributed by atoms with van der Waals surface area (Å²) in [5.74, 6) is 1.45. The minimum atomic E-state index is 0.231. The number of aliphatic imine (C=N–C) groups is 2. The maximum atomic E-state index is 9.71. The summed E-state index contributed by atoms with van der Waals surface area (Å²) in [7, 11) is 0. The molecule has 0 spiro atoms. The van der Waals surface area contributed by atoms with Gasteiger partial charge < -0.3 is 10.4 Å². The molecule has 3 rings (SSSR count). The van der Waals surface area contributed by atoms with Gasteiger partial charge in [-0.2, -0.15) is 0 Å². The molecule has 2 aromatic rings. The molecule has 0 aromatic heterocycles. The molecule has 0 aliphatic carbocycles. The Morgan fingerprint density at radius 1 is 1.16 bits per heavy atom. The van der Waals surface area contributed by atoms with Crippen LogP contribution in [0.15, 0.2) is 89.2 Å². The van der Waals surface area contributed by atoms with E-state index < -0.39 is 0 Å². The molecule has 0 saturated heterocycles. The van der Waals surface area contributed by atoms with Crippen molar-refractivity contribution < 1.29 is 5.11 Å². The van der Waals surface area contributed by atoms with Crippen LogP contribution in [0.4, 0.5) is 5.69 Å². The third kappa shape index (κ3) is 6.29. The molecule has 2 N–H and O–H groups in total. The van der Waals surface area contributed by atoms with Crippen LogP contribution >= 0.6 is 0 Å². The number of hydrogen-bond acceptors (Lipinski definition) is 3. The molecule has 0 radical (unpaired) electrons. The first-order valence-corrected chi connectivity index (χ1v) is 10.8. The third-order valence-electron chi connectivity index (χ3n) is 5.18. The highest BCUT2D eigenvalue weighted by Gasteiger charge is 2.13. The molecule has 0 amide bonds. The lowest BCUT2D eigenvalue weighted by atomic mass is 9.99. The summed E-state index contributed by atoms with van der Waals surface area (Å²) in [5.41, 5.74) is 5.98. The fraction of sp³-hybridized carbons (Fsp3) is 0.259. The van der Waals surface area contributed by atoms with Gasteiger partial charge in [0.15, 0.2) is 0 Å². The molecule has 160 valence electrons. The van der Waals surface area contributed by atoms with Crippen LogP contribution in [0.5, 0.6) is 5.75 Å². The lowest BCUT2D eigenvalue weighted by Crippen LogP contribution is -2.14. The SMILES string of the molecule is C=CC1CC=CN=C(c2ccc(O)cc2)C(N=C(CC)Nc2cc(C)cc(C)c2)=CC1. The van der Waals surface area contributed by atoms with Crippen molar-refractivity contribution in [3.8, 4) is 5.75 Å². The van der Waals surface area contributed by atoms with Crippen molar-refractivity contribution in [2.24, 2.45) is 15.9 Å². The van der Waals surface area contributed by atoms with Gasteiger partial charge in [0, 0.05) is 23.9 Å². The van der Waals surface area contributed by atoms with Crippen LogP contribution < -0.4 is 5.32 Å². The molecule has 0 saturated carbocycles. The summed E-state index contributed by atoms with van der Waals surface area (Å²) in [6, 6.07) is 13.5. The van der Waals surface area contributed by atoms with E-state index >= 15 is 0 Å². The lowest BCUT2D eigenvalue weighted by molar-refractivity contribution is 0.475. The van der Waals surface area contributed by atoms with Crippen molar-refractivity contribution in [1.82, 2.24) is 0 Å². The van der Waals surface area contributed by atoms with Gasteiger partial charge in [-0.3, -0.25) is 4.99 Å². The standard InChI is InChI=1S/C27H31N3O/c1-5-21-8-7-15-28-27(22-10-12-24(31)13-11-22)25(14-9-21)30-26(6-2)29-23-17-19(3)16-20(4)18-23/h5,7,10-18,21,31H,1,6,8-9H2,2-4H3,(H,29,30). The molecular formula is C27H31N3O. The van der Waals surface area contributed by atoms with E-state index in [0.29, 0.717) is 5.92 Å². The van der Waals surface area contributed by atoms with Crippen molar-refractivity contribution >= 4 is 17.2 Å². The Morgan fingerprint density at radius 2 is 1.87 bits per heavy atom. The number of phenolic OH excluding ortho intramolecular Hbond substituents is 1. The normalized spacial score (nSPS) is 17.1. The quantitative estimate of drug-likeness (QED) is 0.325. The fourth-order valence-electron chi connectivity index (χ4n) is 3.57. The van der Waals surface area contributed by atoms with Gasteiger partial charge in [0.1, 0.15) is 11.6 Å². The highest BCUT2D eigenvalue weighted by Crippen LogP contribution is 2.22. The first-order valence-electron chi connectivity index (χ1n) is 10.8. The van der Waals surface area contributed by atoms with E-state index in [1.807, 2.05) is 24.4 Å². The molecule has 1 unspecified atom stereocenters. The fourth-order valence-corrected chi connectivity index (χ4v) is 3.57. The van der Waals surface area contributed by atoms with Crippen molar-refractivity contribution in [2.75, 3.05) is 5.32 Å². The summed E-state index contributed by atoms with van der Waals surface area (Å²) >= 11 is 0.